The molecule has 0 radical (unpaired) electrons. The molecule has 0 aliphatic carbocycles. The number of methoxy groups -OCH3 is 1. The lowest BCUT2D eigenvalue weighted by molar-refractivity contribution is -0.132. The molecular weight excluding hydrogens is 274 g/mol. The van der Waals surface area contributed by atoms with Gasteiger partial charge in [0.05, 0.1) is 7.11 Å². The van der Waals surface area contributed by atoms with E-state index in [1.807, 2.05) is 29.2 Å². The number of nitrogens with zero attached hydrogens (tertiary/aromatic N) is 1. The Morgan fingerprint density at radius 2 is 1.95 bits per heavy atom. The monoisotopic (exact) mass is 295 g/mol. The Hall–Kier alpha value is -1.22. The van der Waals surface area contributed by atoms with Gasteiger partial charge in [-0.25, -0.2) is 0 Å². The van der Waals surface area contributed by atoms with Gasteiger partial charge in [-0.05, 0) is 42.9 Å². The van der Waals surface area contributed by atoms with Gasteiger partial charge in [-0.15, -0.1) is 11.6 Å². The molecule has 20 heavy (non-hydrogen) atoms. The third-order valence-electron chi connectivity index (χ3n) is 3.97. The lowest BCUT2D eigenvalue weighted by Gasteiger charge is -2.31. The van der Waals surface area contributed by atoms with Crippen LogP contribution in [0.1, 0.15) is 24.8 Å². The molecule has 1 aromatic carbocycles. The van der Waals surface area contributed by atoms with E-state index in [1.54, 1.807) is 7.11 Å². The molecule has 0 aromatic heterocycles. The number of piperidine rings is 1. The van der Waals surface area contributed by atoms with Crippen molar-refractivity contribution in [2.24, 2.45) is 5.92 Å². The summed E-state index contributed by atoms with van der Waals surface area (Å²) in [4.78, 5) is 14.1. The molecule has 0 atom stereocenters. The van der Waals surface area contributed by atoms with E-state index >= 15 is 0 Å². The van der Waals surface area contributed by atoms with E-state index in [0.29, 0.717) is 18.2 Å². The maximum Gasteiger partial charge on any atom is 0.222 e. The van der Waals surface area contributed by atoms with E-state index < -0.39 is 0 Å². The van der Waals surface area contributed by atoms with Crippen molar-refractivity contribution < 1.29 is 9.53 Å². The fourth-order valence-corrected chi connectivity index (χ4v) is 2.85. The number of alkyl halides is 1. The van der Waals surface area contributed by atoms with Gasteiger partial charge in [-0.3, -0.25) is 4.79 Å². The van der Waals surface area contributed by atoms with E-state index in [2.05, 4.69) is 0 Å². The van der Waals surface area contributed by atoms with Crippen LogP contribution < -0.4 is 4.74 Å². The normalized spacial score (nSPS) is 16.2. The van der Waals surface area contributed by atoms with E-state index in [1.165, 1.54) is 5.56 Å². The largest absolute Gasteiger partial charge is 0.497 e. The van der Waals surface area contributed by atoms with Crippen LogP contribution >= 0.6 is 11.6 Å². The second-order valence-corrected chi connectivity index (χ2v) is 5.64. The number of carbonyl (C=O) groups is 1. The minimum atomic E-state index is 0.258. The number of halogens is 1. The maximum absolute atomic E-state index is 12.2. The summed E-state index contributed by atoms with van der Waals surface area (Å²) in [5.74, 6) is 2.41. The molecule has 3 nitrogen and oxygen atoms in total. The first-order chi connectivity index (χ1) is 9.72. The van der Waals surface area contributed by atoms with Crippen LogP contribution in [0.2, 0.25) is 0 Å². The van der Waals surface area contributed by atoms with Gasteiger partial charge in [-0.2, -0.15) is 0 Å². The number of hydrogen-bond donors (Lipinski definition) is 0. The zero-order valence-corrected chi connectivity index (χ0v) is 12.7. The molecule has 0 saturated carbocycles. The summed E-state index contributed by atoms with van der Waals surface area (Å²) in [5, 5.41) is 0. The molecule has 1 aromatic rings. The van der Waals surface area contributed by atoms with Crippen LogP contribution in [-0.4, -0.2) is 36.9 Å². The second-order valence-electron chi connectivity index (χ2n) is 5.33. The highest BCUT2D eigenvalue weighted by Gasteiger charge is 2.21. The highest BCUT2D eigenvalue weighted by molar-refractivity contribution is 6.18. The van der Waals surface area contributed by atoms with Crippen molar-refractivity contribution in [1.82, 2.24) is 4.90 Å². The first-order valence-corrected chi connectivity index (χ1v) is 7.73. The lowest BCUT2D eigenvalue weighted by atomic mass is 9.98. The highest BCUT2D eigenvalue weighted by atomic mass is 35.5. The van der Waals surface area contributed by atoms with Crippen molar-refractivity contribution in [2.45, 2.75) is 25.7 Å². The Labute approximate surface area is 125 Å². The summed E-state index contributed by atoms with van der Waals surface area (Å²) in [6.45, 7) is 1.72. The van der Waals surface area contributed by atoms with Gasteiger partial charge >= 0.3 is 0 Å². The Morgan fingerprint density at radius 3 is 2.50 bits per heavy atom. The van der Waals surface area contributed by atoms with Gasteiger partial charge in [-0.1, -0.05) is 12.1 Å². The van der Waals surface area contributed by atoms with Crippen LogP contribution in [0.15, 0.2) is 24.3 Å². The van der Waals surface area contributed by atoms with E-state index in [9.17, 15) is 4.79 Å². The van der Waals surface area contributed by atoms with Crippen molar-refractivity contribution in [3.63, 3.8) is 0 Å². The minimum Gasteiger partial charge on any atom is -0.497 e. The average Bonchev–Trinajstić information content (AvgIpc) is 2.53. The fraction of sp³-hybridized carbons (Fsp3) is 0.562. The topological polar surface area (TPSA) is 29.5 Å². The third kappa shape index (κ3) is 4.14. The maximum atomic E-state index is 12.2. The second kappa shape index (κ2) is 7.53. The van der Waals surface area contributed by atoms with Crippen molar-refractivity contribution >= 4 is 17.5 Å². The first-order valence-electron chi connectivity index (χ1n) is 7.19. The number of hydrogen-bond acceptors (Lipinski definition) is 2. The fourth-order valence-electron chi connectivity index (χ4n) is 2.54. The molecule has 1 heterocycles. The summed E-state index contributed by atoms with van der Waals surface area (Å²) < 4.78 is 5.12. The number of ether oxygens (including phenoxy) is 1. The Balaban J connectivity index is 1.77. The van der Waals surface area contributed by atoms with Gasteiger partial charge in [0.15, 0.2) is 0 Å². The highest BCUT2D eigenvalue weighted by Crippen LogP contribution is 2.19. The molecule has 1 aliphatic rings. The third-order valence-corrected chi connectivity index (χ3v) is 4.41. The molecule has 1 aliphatic heterocycles. The quantitative estimate of drug-likeness (QED) is 0.781. The van der Waals surface area contributed by atoms with Crippen LogP contribution in [0.5, 0.6) is 5.75 Å². The van der Waals surface area contributed by atoms with Gasteiger partial charge < -0.3 is 9.64 Å². The zero-order valence-electron chi connectivity index (χ0n) is 12.0. The molecule has 4 heteroatoms. The molecule has 1 saturated heterocycles. The van der Waals surface area contributed by atoms with Crippen LogP contribution in [0.3, 0.4) is 0 Å². The number of likely N-dealkylation sites (tertiary alicyclic amines) is 1. The SMILES string of the molecule is COc1ccc(CCC(=O)N2CCC(CCl)CC2)cc1. The Bertz CT molecular complexity index is 425. The van der Waals surface area contributed by atoms with Crippen molar-refractivity contribution in [3.05, 3.63) is 29.8 Å². The first kappa shape index (κ1) is 15.2. The number of aryl methyl sites for hydroxylation is 1. The molecule has 1 fully saturated rings. The predicted molar refractivity (Wildman–Crippen MR) is 81.3 cm³/mol. The van der Waals surface area contributed by atoms with Crippen molar-refractivity contribution in [3.8, 4) is 5.75 Å². The number of carbonyl (C=O) groups excluding carboxylic acids is 1. The Kier molecular flexibility index (Phi) is 5.72. The molecule has 110 valence electrons. The molecule has 0 N–H and O–H groups in total. The summed E-state index contributed by atoms with van der Waals surface area (Å²) in [7, 11) is 1.66. The van der Waals surface area contributed by atoms with E-state index in [4.69, 9.17) is 16.3 Å². The average molecular weight is 296 g/mol. The minimum absolute atomic E-state index is 0.258. The summed E-state index contributed by atoms with van der Waals surface area (Å²) in [5.41, 5.74) is 1.18. The summed E-state index contributed by atoms with van der Waals surface area (Å²) >= 11 is 5.86. The van der Waals surface area contributed by atoms with Gasteiger partial charge in [0.2, 0.25) is 5.91 Å². The molecule has 0 unspecified atom stereocenters. The predicted octanol–water partition coefficient (Wildman–Crippen LogP) is 3.11. The number of amides is 1. The van der Waals surface area contributed by atoms with Crippen LogP contribution in [-0.2, 0) is 11.2 Å². The smallest absolute Gasteiger partial charge is 0.222 e. The molecular formula is C16H22ClNO2. The van der Waals surface area contributed by atoms with E-state index in [-0.39, 0.29) is 5.91 Å². The van der Waals surface area contributed by atoms with Crippen LogP contribution in [0, 0.1) is 5.92 Å². The molecule has 2 rings (SSSR count). The number of rotatable bonds is 5. The van der Waals surface area contributed by atoms with Gasteiger partial charge in [0.25, 0.3) is 0 Å². The van der Waals surface area contributed by atoms with Crippen molar-refractivity contribution in [2.75, 3.05) is 26.1 Å². The molecule has 1 amide bonds. The Morgan fingerprint density at radius 1 is 1.30 bits per heavy atom. The number of benzene rings is 1. The summed E-state index contributed by atoms with van der Waals surface area (Å²) in [6.07, 6.45) is 3.45. The van der Waals surface area contributed by atoms with Crippen molar-refractivity contribution in [1.29, 1.82) is 0 Å². The van der Waals surface area contributed by atoms with Crippen LogP contribution in [0.25, 0.3) is 0 Å². The standard InChI is InChI=1S/C16H22ClNO2/c1-20-15-5-2-13(3-6-15)4-7-16(19)18-10-8-14(12-17)9-11-18/h2-3,5-6,14H,4,7-12H2,1H3. The van der Waals surface area contributed by atoms with E-state index in [0.717, 1.165) is 38.1 Å². The zero-order chi connectivity index (χ0) is 14.4. The lowest BCUT2D eigenvalue weighted by Crippen LogP contribution is -2.38. The van der Waals surface area contributed by atoms with Gasteiger partial charge in [0, 0.05) is 25.4 Å². The van der Waals surface area contributed by atoms with Crippen LogP contribution in [0.4, 0.5) is 0 Å². The van der Waals surface area contributed by atoms with Gasteiger partial charge in [0.1, 0.15) is 5.75 Å². The molecule has 0 spiro atoms. The molecule has 0 bridgehead atoms. The summed E-state index contributed by atoms with van der Waals surface area (Å²) in [6, 6.07) is 7.91.